The summed E-state index contributed by atoms with van der Waals surface area (Å²) in [5.74, 6) is 0. The van der Waals surface area contributed by atoms with Gasteiger partial charge in [0.2, 0.25) is 0 Å². The molecule has 3 heteroatoms. The van der Waals surface area contributed by atoms with E-state index >= 15 is 0 Å². The molecule has 1 fully saturated rings. The molecule has 0 amide bonds. The summed E-state index contributed by atoms with van der Waals surface area (Å²) in [4.78, 5) is 0. The minimum atomic E-state index is 0.229. The molecule has 0 radical (unpaired) electrons. The second kappa shape index (κ2) is 6.07. The van der Waals surface area contributed by atoms with Crippen LogP contribution < -0.4 is 5.32 Å². The topological polar surface area (TPSA) is 21.3 Å². The Labute approximate surface area is 131 Å². The van der Waals surface area contributed by atoms with E-state index in [0.717, 1.165) is 23.9 Å². The van der Waals surface area contributed by atoms with E-state index in [1.54, 1.807) is 0 Å². The Balaban J connectivity index is 2.16. The third-order valence-corrected chi connectivity index (χ3v) is 5.49. The normalized spacial score (nSPS) is 29.1. The molecule has 3 atom stereocenters. The molecule has 1 aromatic carbocycles. The Morgan fingerprint density at radius 3 is 2.60 bits per heavy atom. The van der Waals surface area contributed by atoms with E-state index in [-0.39, 0.29) is 5.41 Å². The Hall–Kier alpha value is -0.540. The van der Waals surface area contributed by atoms with Crippen LogP contribution in [-0.2, 0) is 4.74 Å². The average molecular weight is 340 g/mol. The van der Waals surface area contributed by atoms with Crippen LogP contribution in [0, 0.1) is 19.3 Å². The predicted molar refractivity (Wildman–Crippen MR) is 89.5 cm³/mol. The Morgan fingerprint density at radius 1 is 1.35 bits per heavy atom. The zero-order chi connectivity index (χ0) is 14.9. The fourth-order valence-electron chi connectivity index (χ4n) is 3.25. The van der Waals surface area contributed by atoms with Gasteiger partial charge in [0.1, 0.15) is 0 Å². The van der Waals surface area contributed by atoms with Gasteiger partial charge in [-0.1, -0.05) is 19.9 Å². The molecule has 0 bridgehead atoms. The lowest BCUT2D eigenvalue weighted by Gasteiger charge is -2.54. The SMILES string of the molecule is CCOC1CC(Nc2c(C)cc(C)cc2Br)C1(C)CC. The first-order valence-electron chi connectivity index (χ1n) is 7.57. The maximum Gasteiger partial charge on any atom is 0.0667 e. The number of hydrogen-bond acceptors (Lipinski definition) is 2. The lowest BCUT2D eigenvalue weighted by Crippen LogP contribution is -2.59. The molecular weight excluding hydrogens is 314 g/mol. The van der Waals surface area contributed by atoms with Gasteiger partial charge >= 0.3 is 0 Å². The van der Waals surface area contributed by atoms with Crippen LogP contribution in [0.15, 0.2) is 16.6 Å². The molecule has 1 aliphatic rings. The highest BCUT2D eigenvalue weighted by Crippen LogP contribution is 2.48. The first-order chi connectivity index (χ1) is 9.42. The average Bonchev–Trinajstić information content (AvgIpc) is 2.39. The lowest BCUT2D eigenvalue weighted by molar-refractivity contribution is -0.109. The number of nitrogens with one attached hydrogen (secondary N) is 1. The molecule has 0 aromatic heterocycles. The van der Waals surface area contributed by atoms with Crippen LogP contribution in [0.4, 0.5) is 5.69 Å². The highest BCUT2D eigenvalue weighted by atomic mass is 79.9. The minimum absolute atomic E-state index is 0.229. The van der Waals surface area contributed by atoms with E-state index in [1.165, 1.54) is 16.8 Å². The van der Waals surface area contributed by atoms with Crippen molar-refractivity contribution >= 4 is 21.6 Å². The molecular formula is C17H26BrNO. The summed E-state index contributed by atoms with van der Waals surface area (Å²) in [5, 5.41) is 3.75. The Morgan fingerprint density at radius 2 is 2.05 bits per heavy atom. The van der Waals surface area contributed by atoms with Crippen molar-refractivity contribution in [3.05, 3.63) is 27.7 Å². The van der Waals surface area contributed by atoms with Crippen LogP contribution in [0.1, 0.15) is 44.7 Å². The van der Waals surface area contributed by atoms with Crippen molar-refractivity contribution in [2.75, 3.05) is 11.9 Å². The molecule has 2 rings (SSSR count). The Kier molecular flexibility index (Phi) is 4.80. The molecule has 3 unspecified atom stereocenters. The van der Waals surface area contributed by atoms with Gasteiger partial charge in [-0.25, -0.2) is 0 Å². The number of hydrogen-bond donors (Lipinski definition) is 1. The number of rotatable bonds is 5. The van der Waals surface area contributed by atoms with Gasteiger partial charge < -0.3 is 10.1 Å². The molecule has 1 aromatic rings. The summed E-state index contributed by atoms with van der Waals surface area (Å²) in [6.45, 7) is 11.8. The lowest BCUT2D eigenvalue weighted by atomic mass is 9.61. The van der Waals surface area contributed by atoms with Crippen molar-refractivity contribution in [1.82, 2.24) is 0 Å². The van der Waals surface area contributed by atoms with E-state index in [9.17, 15) is 0 Å². The van der Waals surface area contributed by atoms with Crippen molar-refractivity contribution in [2.24, 2.45) is 5.41 Å². The maximum absolute atomic E-state index is 5.88. The molecule has 112 valence electrons. The highest BCUT2D eigenvalue weighted by Gasteiger charge is 2.51. The maximum atomic E-state index is 5.88. The molecule has 2 nitrogen and oxygen atoms in total. The number of benzene rings is 1. The van der Waals surface area contributed by atoms with E-state index in [4.69, 9.17) is 4.74 Å². The quantitative estimate of drug-likeness (QED) is 0.808. The predicted octanol–water partition coefficient (Wildman–Crippen LogP) is 5.07. The summed E-state index contributed by atoms with van der Waals surface area (Å²) in [6, 6.07) is 4.90. The van der Waals surface area contributed by atoms with Crippen LogP contribution in [-0.4, -0.2) is 18.8 Å². The second-order valence-corrected chi connectivity index (χ2v) is 7.03. The van der Waals surface area contributed by atoms with Crippen LogP contribution in [0.3, 0.4) is 0 Å². The standard InChI is InChI=1S/C17H26BrNO/c1-6-17(5)14(10-15(17)20-7-2)19-16-12(4)8-11(3)9-13(16)18/h8-9,14-15,19H,6-7,10H2,1-5H3. The fraction of sp³-hybridized carbons (Fsp3) is 0.647. The van der Waals surface area contributed by atoms with Crippen molar-refractivity contribution in [3.8, 4) is 0 Å². The first-order valence-corrected chi connectivity index (χ1v) is 8.36. The second-order valence-electron chi connectivity index (χ2n) is 6.17. The van der Waals surface area contributed by atoms with Crippen molar-refractivity contribution in [2.45, 2.75) is 59.6 Å². The molecule has 0 heterocycles. The molecule has 1 N–H and O–H groups in total. The van der Waals surface area contributed by atoms with Gasteiger partial charge in [0.25, 0.3) is 0 Å². The first kappa shape index (κ1) is 15.8. The summed E-state index contributed by atoms with van der Waals surface area (Å²) < 4.78 is 7.04. The molecule has 0 saturated heterocycles. The van der Waals surface area contributed by atoms with Gasteiger partial charge in [0.15, 0.2) is 0 Å². The number of anilines is 1. The zero-order valence-corrected chi connectivity index (χ0v) is 14.8. The largest absolute Gasteiger partial charge is 0.380 e. The summed E-state index contributed by atoms with van der Waals surface area (Å²) in [6.07, 6.45) is 2.62. The van der Waals surface area contributed by atoms with Gasteiger partial charge in [-0.2, -0.15) is 0 Å². The van der Waals surface area contributed by atoms with E-state index < -0.39 is 0 Å². The van der Waals surface area contributed by atoms with Crippen LogP contribution in [0.25, 0.3) is 0 Å². The smallest absolute Gasteiger partial charge is 0.0667 e. The Bertz CT molecular complexity index is 465. The van der Waals surface area contributed by atoms with Crippen LogP contribution in [0.2, 0.25) is 0 Å². The van der Waals surface area contributed by atoms with Gasteiger partial charge in [0, 0.05) is 22.5 Å². The van der Waals surface area contributed by atoms with Gasteiger partial charge in [-0.15, -0.1) is 0 Å². The molecule has 0 spiro atoms. The van der Waals surface area contributed by atoms with Gasteiger partial charge in [-0.05, 0) is 66.7 Å². The zero-order valence-electron chi connectivity index (χ0n) is 13.2. The summed E-state index contributed by atoms with van der Waals surface area (Å²) in [5.41, 5.74) is 4.05. The van der Waals surface area contributed by atoms with Gasteiger partial charge in [-0.3, -0.25) is 0 Å². The van der Waals surface area contributed by atoms with Crippen LogP contribution >= 0.6 is 15.9 Å². The fourth-order valence-corrected chi connectivity index (χ4v) is 4.03. The van der Waals surface area contributed by atoms with E-state index in [0.29, 0.717) is 12.1 Å². The van der Waals surface area contributed by atoms with Crippen molar-refractivity contribution in [3.63, 3.8) is 0 Å². The number of aryl methyl sites for hydroxylation is 2. The van der Waals surface area contributed by atoms with Crippen LogP contribution in [0.5, 0.6) is 0 Å². The van der Waals surface area contributed by atoms with Crippen molar-refractivity contribution < 1.29 is 4.74 Å². The van der Waals surface area contributed by atoms with Gasteiger partial charge in [0.05, 0.1) is 11.8 Å². The molecule has 1 aliphatic carbocycles. The summed E-state index contributed by atoms with van der Waals surface area (Å²) >= 11 is 3.69. The van der Waals surface area contributed by atoms with E-state index in [2.05, 4.69) is 68.0 Å². The summed E-state index contributed by atoms with van der Waals surface area (Å²) in [7, 11) is 0. The number of halogens is 1. The van der Waals surface area contributed by atoms with E-state index in [1.807, 2.05) is 0 Å². The number of ether oxygens (including phenoxy) is 1. The minimum Gasteiger partial charge on any atom is -0.380 e. The van der Waals surface area contributed by atoms with Crippen molar-refractivity contribution in [1.29, 1.82) is 0 Å². The monoisotopic (exact) mass is 339 g/mol. The molecule has 20 heavy (non-hydrogen) atoms. The third kappa shape index (κ3) is 2.75. The molecule has 1 saturated carbocycles. The highest BCUT2D eigenvalue weighted by molar-refractivity contribution is 9.10. The molecule has 0 aliphatic heterocycles. The third-order valence-electron chi connectivity index (χ3n) is 4.86.